The minimum atomic E-state index is 0.352. The van der Waals surface area contributed by atoms with Gasteiger partial charge >= 0.3 is 0 Å². The van der Waals surface area contributed by atoms with Gasteiger partial charge in [0, 0.05) is 27.3 Å². The van der Waals surface area contributed by atoms with Crippen LogP contribution in [0.25, 0.3) is 94.1 Å². The van der Waals surface area contributed by atoms with Crippen molar-refractivity contribution in [1.29, 1.82) is 0 Å². The van der Waals surface area contributed by atoms with Crippen molar-refractivity contribution in [2.75, 3.05) is 0 Å². The van der Waals surface area contributed by atoms with Gasteiger partial charge in [-0.15, -0.1) is 0 Å². The van der Waals surface area contributed by atoms with Crippen LogP contribution in [0.3, 0.4) is 0 Å². The average Bonchev–Trinajstić information content (AvgIpc) is 4.10. The Kier molecular flexibility index (Phi) is 10.8. The zero-order valence-electron chi connectivity index (χ0n) is 37.2. The predicted molar refractivity (Wildman–Crippen MR) is 279 cm³/mol. The van der Waals surface area contributed by atoms with Gasteiger partial charge in [0.15, 0.2) is 5.58 Å². The molecule has 0 saturated carbocycles. The van der Waals surface area contributed by atoms with E-state index in [4.69, 9.17) is 25.1 Å². The van der Waals surface area contributed by atoms with Gasteiger partial charge in [0.2, 0.25) is 11.9 Å². The Hall–Kier alpha value is -8.81. The first-order valence-electron chi connectivity index (χ1n) is 22.8. The molecule has 0 saturated heterocycles. The van der Waals surface area contributed by atoms with E-state index < -0.39 is 0 Å². The second-order valence-electron chi connectivity index (χ2n) is 16.2. The smallest absolute Gasteiger partial charge is 0.232 e. The summed E-state index contributed by atoms with van der Waals surface area (Å²) in [5.41, 5.74) is 20.7. The van der Waals surface area contributed by atoms with E-state index in [-0.39, 0.29) is 0 Å². The molecule has 7 heteroatoms. The van der Waals surface area contributed by atoms with Crippen molar-refractivity contribution in [3.8, 4) is 39.4 Å². The fraction of sp³-hybridized carbons (Fsp3) is 0.0500. The maximum atomic E-state index is 6.98. The van der Waals surface area contributed by atoms with Crippen LogP contribution in [-0.2, 0) is 6.54 Å². The van der Waals surface area contributed by atoms with Crippen LogP contribution < -0.4 is 5.73 Å². The summed E-state index contributed by atoms with van der Waals surface area (Å²) >= 11 is 0. The molecule has 67 heavy (non-hydrogen) atoms. The molecule has 7 nitrogen and oxygen atoms in total. The molecule has 0 aliphatic heterocycles. The number of fused-ring (bicyclic) bond motifs is 8. The molecule has 0 atom stereocenters. The lowest BCUT2D eigenvalue weighted by Crippen LogP contribution is -2.20. The van der Waals surface area contributed by atoms with Gasteiger partial charge in [-0.05, 0) is 82.4 Å². The van der Waals surface area contributed by atoms with Crippen LogP contribution in [0.5, 0.6) is 0 Å². The van der Waals surface area contributed by atoms with Crippen LogP contribution in [-0.4, -0.2) is 25.9 Å². The lowest BCUT2D eigenvalue weighted by molar-refractivity contribution is 0.623. The van der Waals surface area contributed by atoms with Gasteiger partial charge < -0.3 is 14.7 Å². The number of nitrogens with zero attached hydrogens (tertiary/aromatic N) is 5. The second-order valence-corrected chi connectivity index (χ2v) is 16.2. The Morgan fingerprint density at radius 2 is 1.10 bits per heavy atom. The number of hydrogen-bond donors (Lipinski definition) is 1. The van der Waals surface area contributed by atoms with Gasteiger partial charge in [-0.2, -0.15) is 4.99 Å². The fourth-order valence-electron chi connectivity index (χ4n) is 9.23. The predicted octanol–water partition coefficient (Wildman–Crippen LogP) is 14.9. The van der Waals surface area contributed by atoms with Crippen LogP contribution in [0.2, 0.25) is 0 Å². The fourth-order valence-corrected chi connectivity index (χ4v) is 9.23. The molecule has 0 bridgehead atoms. The molecular formula is C60H46N6O. The molecule has 3 aromatic heterocycles. The van der Waals surface area contributed by atoms with E-state index in [2.05, 4.69) is 155 Å². The van der Waals surface area contributed by atoms with E-state index in [1.807, 2.05) is 86.6 Å². The Morgan fingerprint density at radius 3 is 1.84 bits per heavy atom. The first kappa shape index (κ1) is 40.9. The van der Waals surface area contributed by atoms with Crippen molar-refractivity contribution in [3.63, 3.8) is 0 Å². The molecular weight excluding hydrogens is 821 g/mol. The number of hydrogen-bond acceptors (Lipinski definition) is 3. The van der Waals surface area contributed by atoms with Gasteiger partial charge in [0.05, 0.1) is 39.7 Å². The van der Waals surface area contributed by atoms with Crippen LogP contribution in [0.1, 0.15) is 25.0 Å². The number of benzene rings is 9. The van der Waals surface area contributed by atoms with Gasteiger partial charge in [0.25, 0.3) is 0 Å². The summed E-state index contributed by atoms with van der Waals surface area (Å²) in [6.45, 7) is 4.35. The highest BCUT2D eigenvalue weighted by Crippen LogP contribution is 2.42. The second kappa shape index (κ2) is 17.6. The highest BCUT2D eigenvalue weighted by Gasteiger charge is 2.25. The minimum Gasteiger partial charge on any atom is -0.435 e. The third-order valence-electron chi connectivity index (χ3n) is 12.3. The standard InChI is InChI=1S/C58H40N6O.C2H6/c59-56(41-22-9-3-10-23-41)62-58(60-37-38-17-15-26-43(35-38)39-18-5-1-6-19-39)64-51-34-32-48-55(65-57(61-48)42-24-11-4-12-25-42)53(51)46-28-16-30-52(54(46)64)63-49-29-14-13-27-45(49)47-36-44(31-33-50(47)63)40-20-7-2-8-21-40;1-2/h1-36H,37H2,(H2,59,60,62);1-2H3. The van der Waals surface area contributed by atoms with Crippen molar-refractivity contribution >= 4 is 66.5 Å². The molecule has 2 N–H and O–H groups in total. The van der Waals surface area contributed by atoms with Gasteiger partial charge in [0.1, 0.15) is 11.4 Å². The quantitative estimate of drug-likeness (QED) is 0.128. The molecule has 0 amide bonds. The summed E-state index contributed by atoms with van der Waals surface area (Å²) in [6, 6.07) is 75.4. The van der Waals surface area contributed by atoms with Crippen molar-refractivity contribution in [2.24, 2.45) is 15.7 Å². The average molecular weight is 867 g/mol. The molecule has 322 valence electrons. The number of aliphatic imine (C=N–C) groups is 2. The van der Waals surface area contributed by atoms with E-state index in [9.17, 15) is 0 Å². The summed E-state index contributed by atoms with van der Waals surface area (Å²) in [5, 5.41) is 4.19. The van der Waals surface area contributed by atoms with Gasteiger partial charge in [-0.25, -0.2) is 9.98 Å². The zero-order chi connectivity index (χ0) is 45.3. The molecule has 0 aliphatic carbocycles. The van der Waals surface area contributed by atoms with Crippen molar-refractivity contribution in [3.05, 3.63) is 230 Å². The number of rotatable bonds is 7. The molecule has 0 radical (unpaired) electrons. The zero-order valence-corrected chi connectivity index (χ0v) is 37.2. The summed E-state index contributed by atoms with van der Waals surface area (Å²) < 4.78 is 11.3. The number of oxazole rings is 1. The van der Waals surface area contributed by atoms with Crippen LogP contribution >= 0.6 is 0 Å². The molecule has 0 aliphatic rings. The maximum absolute atomic E-state index is 6.98. The molecule has 12 aromatic rings. The molecule has 3 heterocycles. The highest BCUT2D eigenvalue weighted by molar-refractivity contribution is 6.25. The Morgan fingerprint density at radius 1 is 0.522 bits per heavy atom. The van der Waals surface area contributed by atoms with E-state index in [1.165, 1.54) is 5.56 Å². The topological polar surface area (TPSA) is 86.6 Å². The van der Waals surface area contributed by atoms with Crippen LogP contribution in [0.4, 0.5) is 0 Å². The summed E-state index contributed by atoms with van der Waals surface area (Å²) in [7, 11) is 0. The van der Waals surface area contributed by atoms with Crippen LogP contribution in [0.15, 0.2) is 233 Å². The summed E-state index contributed by atoms with van der Waals surface area (Å²) in [4.78, 5) is 15.7. The SMILES string of the molecule is CC.N/C(=N\C(=NCc1cccc(-c2ccccc2)c1)n1c2ccc3nc(-c4ccccc4)oc3c2c2cccc(-n3c4ccccc4c4cc(-c5ccccc5)ccc43)c21)c1ccccc1. The van der Waals surface area contributed by atoms with E-state index in [1.54, 1.807) is 0 Å². The van der Waals surface area contributed by atoms with Crippen molar-refractivity contribution < 1.29 is 4.42 Å². The largest absolute Gasteiger partial charge is 0.435 e. The summed E-state index contributed by atoms with van der Waals surface area (Å²) in [5.74, 6) is 1.35. The molecule has 9 aromatic carbocycles. The number of amidine groups is 1. The van der Waals surface area contributed by atoms with Crippen molar-refractivity contribution in [1.82, 2.24) is 14.1 Å². The summed E-state index contributed by atoms with van der Waals surface area (Å²) in [6.07, 6.45) is 0. The number of para-hydroxylation sites is 2. The first-order chi connectivity index (χ1) is 33.2. The minimum absolute atomic E-state index is 0.352. The normalized spacial score (nSPS) is 12.0. The Labute approximate surface area is 388 Å². The maximum Gasteiger partial charge on any atom is 0.232 e. The highest BCUT2D eigenvalue weighted by atomic mass is 16.3. The molecule has 0 fully saturated rings. The lowest BCUT2D eigenvalue weighted by atomic mass is 10.0. The monoisotopic (exact) mass is 866 g/mol. The number of aromatic nitrogens is 3. The van der Waals surface area contributed by atoms with Gasteiger partial charge in [-0.3, -0.25) is 4.57 Å². The third kappa shape index (κ3) is 7.42. The van der Waals surface area contributed by atoms with Crippen LogP contribution in [0, 0.1) is 0 Å². The van der Waals surface area contributed by atoms with Crippen molar-refractivity contribution in [2.45, 2.75) is 20.4 Å². The van der Waals surface area contributed by atoms with Gasteiger partial charge in [-0.1, -0.05) is 178 Å². The van der Waals surface area contributed by atoms with E-state index in [0.29, 0.717) is 29.8 Å². The molecule has 0 spiro atoms. The lowest BCUT2D eigenvalue weighted by Gasteiger charge is -2.15. The first-order valence-corrected chi connectivity index (χ1v) is 22.8. The van der Waals surface area contributed by atoms with E-state index >= 15 is 0 Å². The Bertz CT molecular complexity index is 3790. The molecule has 0 unspecified atom stereocenters. The Balaban J connectivity index is 0.00000244. The number of nitrogens with two attached hydrogens (primary N) is 1. The third-order valence-corrected chi connectivity index (χ3v) is 12.3. The van der Waals surface area contributed by atoms with E-state index in [0.717, 1.165) is 88.2 Å². The molecule has 12 rings (SSSR count).